The summed E-state index contributed by atoms with van der Waals surface area (Å²) < 4.78 is 17.4. The molecule has 9 heteroatoms. The van der Waals surface area contributed by atoms with Gasteiger partial charge in [0.25, 0.3) is 0 Å². The number of likely N-dealkylation sites (tertiary alicyclic amines) is 2. The zero-order valence-electron chi connectivity index (χ0n) is 21.4. The van der Waals surface area contributed by atoms with Gasteiger partial charge in [0.05, 0.1) is 29.4 Å². The number of hydrogen-bond acceptors (Lipinski definition) is 6. The van der Waals surface area contributed by atoms with E-state index in [1.165, 1.54) is 0 Å². The highest BCUT2D eigenvalue weighted by Gasteiger charge is 2.31. The summed E-state index contributed by atoms with van der Waals surface area (Å²) in [6.07, 6.45) is 4.55. The van der Waals surface area contributed by atoms with Gasteiger partial charge in [-0.3, -0.25) is 9.69 Å². The number of hydrogen-bond donors (Lipinski definition) is 1. The van der Waals surface area contributed by atoms with E-state index in [1.807, 2.05) is 17.0 Å². The van der Waals surface area contributed by atoms with E-state index >= 15 is 0 Å². The summed E-state index contributed by atoms with van der Waals surface area (Å²) in [4.78, 5) is 16.0. The average Bonchev–Trinajstić information content (AvgIpc) is 3.21. The molecule has 0 radical (unpaired) electrons. The molecule has 2 aliphatic rings. The van der Waals surface area contributed by atoms with E-state index < -0.39 is 5.60 Å². The molecular formula is C28H36Cl2N2O5. The lowest BCUT2D eigenvalue weighted by molar-refractivity contribution is -0.127. The summed E-state index contributed by atoms with van der Waals surface area (Å²) in [7, 11) is 1.64. The van der Waals surface area contributed by atoms with Gasteiger partial charge in [0.1, 0.15) is 12.4 Å². The molecule has 0 aromatic heterocycles. The number of aliphatic hydroxyl groups is 1. The van der Waals surface area contributed by atoms with Crippen LogP contribution in [0.4, 0.5) is 0 Å². The molecule has 2 saturated heterocycles. The lowest BCUT2D eigenvalue weighted by Gasteiger charge is -2.27. The van der Waals surface area contributed by atoms with Crippen molar-refractivity contribution in [3.63, 3.8) is 0 Å². The maximum absolute atomic E-state index is 11.8. The molecule has 0 saturated carbocycles. The van der Waals surface area contributed by atoms with Gasteiger partial charge in [-0.1, -0.05) is 29.3 Å². The Bertz CT molecular complexity index is 1070. The first-order valence-electron chi connectivity index (χ1n) is 13.0. The van der Waals surface area contributed by atoms with Gasteiger partial charge in [0.2, 0.25) is 5.91 Å². The molecule has 0 unspecified atom stereocenters. The standard InChI is InChI=1S/C28H36Cl2N2O5/c1-35-25-9-6-21(17-26(25)36-16-4-14-32-13-2-5-27(32)33)19-31-12-3-10-28(34,11-15-31)20-37-22-7-8-23(29)24(30)18-22/h6-9,17-18,34H,2-5,10-16,19-20H2,1H3/t28-/m1/s1. The van der Waals surface area contributed by atoms with E-state index in [0.717, 1.165) is 57.5 Å². The van der Waals surface area contributed by atoms with Crippen LogP contribution in [0.15, 0.2) is 36.4 Å². The van der Waals surface area contributed by atoms with Crippen molar-refractivity contribution in [1.29, 1.82) is 0 Å². The van der Waals surface area contributed by atoms with Gasteiger partial charge < -0.3 is 24.2 Å². The highest BCUT2D eigenvalue weighted by atomic mass is 35.5. The van der Waals surface area contributed by atoms with Crippen LogP contribution >= 0.6 is 23.2 Å². The summed E-state index contributed by atoms with van der Waals surface area (Å²) in [6, 6.07) is 11.2. The van der Waals surface area contributed by atoms with Gasteiger partial charge in [-0.25, -0.2) is 0 Å². The van der Waals surface area contributed by atoms with Crippen molar-refractivity contribution in [2.75, 3.05) is 46.5 Å². The summed E-state index contributed by atoms with van der Waals surface area (Å²) >= 11 is 12.1. The second-order valence-electron chi connectivity index (χ2n) is 9.89. The molecule has 2 aromatic rings. The van der Waals surface area contributed by atoms with E-state index in [2.05, 4.69) is 11.0 Å². The van der Waals surface area contributed by atoms with Crippen LogP contribution in [-0.4, -0.2) is 72.9 Å². The van der Waals surface area contributed by atoms with E-state index in [9.17, 15) is 9.90 Å². The molecule has 4 rings (SSSR count). The van der Waals surface area contributed by atoms with Crippen LogP contribution in [-0.2, 0) is 11.3 Å². The lowest BCUT2D eigenvalue weighted by Crippen LogP contribution is -2.37. The Balaban J connectivity index is 1.27. The van der Waals surface area contributed by atoms with Crippen LogP contribution in [0.1, 0.15) is 44.1 Å². The number of amides is 1. The minimum atomic E-state index is -0.897. The smallest absolute Gasteiger partial charge is 0.222 e. The molecule has 37 heavy (non-hydrogen) atoms. The van der Waals surface area contributed by atoms with Gasteiger partial charge in [-0.15, -0.1) is 0 Å². The molecule has 1 N–H and O–H groups in total. The molecule has 1 amide bonds. The predicted octanol–water partition coefficient (Wildman–Crippen LogP) is 5.19. The third kappa shape index (κ3) is 7.90. The third-order valence-electron chi connectivity index (χ3n) is 7.04. The fourth-order valence-electron chi connectivity index (χ4n) is 4.89. The Hall–Kier alpha value is -2.19. The molecular weight excluding hydrogens is 515 g/mol. The summed E-state index contributed by atoms with van der Waals surface area (Å²) in [5.74, 6) is 2.26. The first kappa shape index (κ1) is 27.8. The van der Waals surface area contributed by atoms with Gasteiger partial charge in [-0.05, 0) is 68.5 Å². The molecule has 2 aromatic carbocycles. The minimum absolute atomic E-state index is 0.211. The molecule has 202 valence electrons. The van der Waals surface area contributed by atoms with E-state index in [-0.39, 0.29) is 12.5 Å². The maximum atomic E-state index is 11.8. The van der Waals surface area contributed by atoms with Gasteiger partial charge in [0, 0.05) is 38.7 Å². The first-order valence-corrected chi connectivity index (χ1v) is 13.7. The Morgan fingerprint density at radius 2 is 1.84 bits per heavy atom. The monoisotopic (exact) mass is 550 g/mol. The van der Waals surface area contributed by atoms with E-state index in [1.54, 1.807) is 25.3 Å². The number of carbonyl (C=O) groups is 1. The summed E-state index contributed by atoms with van der Waals surface area (Å²) in [5, 5.41) is 12.1. The Morgan fingerprint density at radius 3 is 2.59 bits per heavy atom. The SMILES string of the molecule is COc1ccc(CN2CCC[C@](O)(COc3ccc(Cl)c(Cl)c3)CC2)cc1OCCCN1CCCC1=O. The molecule has 7 nitrogen and oxygen atoms in total. The quantitative estimate of drug-likeness (QED) is 0.388. The molecule has 0 bridgehead atoms. The average molecular weight is 552 g/mol. The van der Waals surface area contributed by atoms with Crippen molar-refractivity contribution in [2.45, 2.75) is 50.7 Å². The molecule has 0 aliphatic carbocycles. The zero-order chi connectivity index (χ0) is 26.3. The van der Waals surface area contributed by atoms with E-state index in [4.69, 9.17) is 37.4 Å². The van der Waals surface area contributed by atoms with Crippen molar-refractivity contribution < 1.29 is 24.1 Å². The number of nitrogens with zero attached hydrogens (tertiary/aromatic N) is 2. The highest BCUT2D eigenvalue weighted by molar-refractivity contribution is 6.42. The number of methoxy groups -OCH3 is 1. The molecule has 2 heterocycles. The van der Waals surface area contributed by atoms with Crippen LogP contribution < -0.4 is 14.2 Å². The number of ether oxygens (including phenoxy) is 3. The highest BCUT2D eigenvalue weighted by Crippen LogP contribution is 2.31. The van der Waals surface area contributed by atoms with Gasteiger partial charge >= 0.3 is 0 Å². The summed E-state index contributed by atoms with van der Waals surface area (Å²) in [5.41, 5.74) is 0.231. The Labute approximate surface area is 229 Å². The van der Waals surface area contributed by atoms with E-state index in [0.29, 0.717) is 53.2 Å². The molecule has 2 aliphatic heterocycles. The van der Waals surface area contributed by atoms with Crippen molar-refractivity contribution in [2.24, 2.45) is 0 Å². The molecule has 1 atom stereocenters. The third-order valence-corrected chi connectivity index (χ3v) is 7.78. The van der Waals surface area contributed by atoms with Crippen LogP contribution in [0.3, 0.4) is 0 Å². The number of benzene rings is 2. The molecule has 0 spiro atoms. The Morgan fingerprint density at radius 1 is 0.973 bits per heavy atom. The second-order valence-corrected chi connectivity index (χ2v) is 10.7. The summed E-state index contributed by atoms with van der Waals surface area (Å²) in [6.45, 7) is 4.72. The predicted molar refractivity (Wildman–Crippen MR) is 145 cm³/mol. The number of carbonyl (C=O) groups excluding carboxylic acids is 1. The maximum Gasteiger partial charge on any atom is 0.222 e. The van der Waals surface area contributed by atoms with Gasteiger partial charge in [0.15, 0.2) is 11.5 Å². The van der Waals surface area contributed by atoms with Crippen LogP contribution in [0.5, 0.6) is 17.2 Å². The van der Waals surface area contributed by atoms with Crippen molar-refractivity contribution in [1.82, 2.24) is 9.80 Å². The minimum Gasteiger partial charge on any atom is -0.493 e. The fraction of sp³-hybridized carbons (Fsp3) is 0.536. The molecule has 2 fully saturated rings. The van der Waals surface area contributed by atoms with Crippen LogP contribution in [0, 0.1) is 0 Å². The topological polar surface area (TPSA) is 71.5 Å². The largest absolute Gasteiger partial charge is 0.493 e. The fourth-order valence-corrected chi connectivity index (χ4v) is 5.18. The van der Waals surface area contributed by atoms with Crippen LogP contribution in [0.2, 0.25) is 10.0 Å². The first-order chi connectivity index (χ1) is 17.8. The van der Waals surface area contributed by atoms with Crippen LogP contribution in [0.25, 0.3) is 0 Å². The zero-order valence-corrected chi connectivity index (χ0v) is 22.9. The van der Waals surface area contributed by atoms with Crippen molar-refractivity contribution >= 4 is 29.1 Å². The van der Waals surface area contributed by atoms with Gasteiger partial charge in [-0.2, -0.15) is 0 Å². The number of halogens is 2. The lowest BCUT2D eigenvalue weighted by atomic mass is 9.96. The number of rotatable bonds is 11. The second kappa shape index (κ2) is 13.1. The van der Waals surface area contributed by atoms with Crippen molar-refractivity contribution in [3.8, 4) is 17.2 Å². The Kier molecular flexibility index (Phi) is 9.82. The van der Waals surface area contributed by atoms with Crippen molar-refractivity contribution in [3.05, 3.63) is 52.0 Å². The normalized spacial score (nSPS) is 20.6.